The molecule has 1 aliphatic rings. The predicted octanol–water partition coefficient (Wildman–Crippen LogP) is 2.95. The Morgan fingerprint density at radius 3 is 2.74 bits per heavy atom. The summed E-state index contributed by atoms with van der Waals surface area (Å²) in [5.41, 5.74) is 2.54. The van der Waals surface area contributed by atoms with Crippen LogP contribution < -0.4 is 10.1 Å². The van der Waals surface area contributed by atoms with Gasteiger partial charge in [0.15, 0.2) is 6.10 Å². The first-order valence-electron chi connectivity index (χ1n) is 8.63. The predicted molar refractivity (Wildman–Crippen MR) is 94.0 cm³/mol. The van der Waals surface area contributed by atoms with Crippen LogP contribution >= 0.6 is 0 Å². The fourth-order valence-corrected chi connectivity index (χ4v) is 3.37. The number of benzene rings is 1. The van der Waals surface area contributed by atoms with Crippen molar-refractivity contribution < 1.29 is 9.53 Å². The van der Waals surface area contributed by atoms with Crippen LogP contribution in [0.1, 0.15) is 44.2 Å². The van der Waals surface area contributed by atoms with E-state index in [4.69, 9.17) is 4.74 Å². The van der Waals surface area contributed by atoms with Gasteiger partial charge in [0.05, 0.1) is 0 Å². The maximum Gasteiger partial charge on any atom is 0.263 e. The molecule has 128 valence electrons. The lowest BCUT2D eigenvalue weighted by Gasteiger charge is -2.22. The third-order valence-electron chi connectivity index (χ3n) is 4.61. The Morgan fingerprint density at radius 1 is 1.39 bits per heavy atom. The minimum atomic E-state index is -0.437. The van der Waals surface area contributed by atoms with Crippen LogP contribution in [-0.4, -0.2) is 43.6 Å². The lowest BCUT2D eigenvalue weighted by Crippen LogP contribution is -2.39. The van der Waals surface area contributed by atoms with Crippen LogP contribution in [0.15, 0.2) is 18.2 Å². The molecule has 0 spiro atoms. The van der Waals surface area contributed by atoms with Gasteiger partial charge in [-0.1, -0.05) is 19.9 Å². The zero-order valence-corrected chi connectivity index (χ0v) is 15.1. The zero-order chi connectivity index (χ0) is 17.0. The number of ether oxygens (including phenoxy) is 1. The smallest absolute Gasteiger partial charge is 0.263 e. The van der Waals surface area contributed by atoms with Crippen molar-refractivity contribution in [3.05, 3.63) is 29.3 Å². The summed E-state index contributed by atoms with van der Waals surface area (Å²) in [4.78, 5) is 14.5. The highest BCUT2D eigenvalue weighted by Crippen LogP contribution is 2.25. The molecule has 0 aromatic heterocycles. The summed E-state index contributed by atoms with van der Waals surface area (Å²) in [7, 11) is 1.96. The first-order valence-corrected chi connectivity index (χ1v) is 8.63. The van der Waals surface area contributed by atoms with E-state index in [0.717, 1.165) is 31.8 Å². The van der Waals surface area contributed by atoms with E-state index in [1.165, 1.54) is 11.1 Å². The number of hydrogen-bond acceptors (Lipinski definition) is 3. The Hall–Kier alpha value is -1.55. The fourth-order valence-electron chi connectivity index (χ4n) is 3.37. The van der Waals surface area contributed by atoms with E-state index in [0.29, 0.717) is 11.8 Å². The van der Waals surface area contributed by atoms with Crippen LogP contribution in [0.3, 0.4) is 0 Å². The Bertz CT molecular complexity index is 542. The number of likely N-dealkylation sites (tertiary alicyclic amines) is 1. The minimum Gasteiger partial charge on any atom is -0.481 e. The molecule has 1 aromatic carbocycles. The van der Waals surface area contributed by atoms with Gasteiger partial charge < -0.3 is 15.0 Å². The normalized spacial score (nSPS) is 19.2. The summed E-state index contributed by atoms with van der Waals surface area (Å²) in [6, 6.07) is 6.11. The van der Waals surface area contributed by atoms with E-state index in [-0.39, 0.29) is 5.91 Å². The topological polar surface area (TPSA) is 41.6 Å². The monoisotopic (exact) mass is 318 g/mol. The number of carbonyl (C=O) groups excluding carboxylic acids is 1. The average molecular weight is 318 g/mol. The van der Waals surface area contributed by atoms with Gasteiger partial charge in [-0.3, -0.25) is 4.79 Å². The largest absolute Gasteiger partial charge is 0.481 e. The first kappa shape index (κ1) is 17.8. The maximum absolute atomic E-state index is 12.5. The number of carbonyl (C=O) groups is 1. The third kappa shape index (κ3) is 4.47. The number of nitrogens with zero attached hydrogens (tertiary/aromatic N) is 1. The second-order valence-corrected chi connectivity index (χ2v) is 6.93. The summed E-state index contributed by atoms with van der Waals surface area (Å²) in [6.07, 6.45) is 0.634. The van der Waals surface area contributed by atoms with Crippen molar-refractivity contribution in [1.29, 1.82) is 0 Å². The number of amides is 1. The van der Waals surface area contributed by atoms with E-state index in [2.05, 4.69) is 32.2 Å². The highest BCUT2D eigenvalue weighted by Gasteiger charge is 2.29. The quantitative estimate of drug-likeness (QED) is 0.877. The molecule has 2 atom stereocenters. The molecule has 1 saturated heterocycles. The third-order valence-corrected chi connectivity index (χ3v) is 4.61. The van der Waals surface area contributed by atoms with E-state index in [1.54, 1.807) is 0 Å². The molecule has 0 saturated carbocycles. The van der Waals surface area contributed by atoms with Crippen LogP contribution in [0, 0.1) is 12.8 Å². The van der Waals surface area contributed by atoms with Crippen molar-refractivity contribution in [3.63, 3.8) is 0 Å². The van der Waals surface area contributed by atoms with E-state index < -0.39 is 6.10 Å². The van der Waals surface area contributed by atoms with E-state index in [9.17, 15) is 4.79 Å². The van der Waals surface area contributed by atoms with Gasteiger partial charge in [0, 0.05) is 13.1 Å². The van der Waals surface area contributed by atoms with Gasteiger partial charge in [0.2, 0.25) is 0 Å². The Balaban J connectivity index is 1.95. The Morgan fingerprint density at radius 2 is 2.13 bits per heavy atom. The van der Waals surface area contributed by atoms with Crippen LogP contribution in [0.4, 0.5) is 0 Å². The van der Waals surface area contributed by atoms with E-state index in [1.807, 2.05) is 31.0 Å². The second-order valence-electron chi connectivity index (χ2n) is 6.93. The molecule has 23 heavy (non-hydrogen) atoms. The summed E-state index contributed by atoms with van der Waals surface area (Å²) in [6.45, 7) is 10.9. The molecule has 1 aliphatic heterocycles. The van der Waals surface area contributed by atoms with Crippen LogP contribution in [0.5, 0.6) is 5.75 Å². The highest BCUT2D eigenvalue weighted by molar-refractivity contribution is 5.81. The summed E-state index contributed by atoms with van der Waals surface area (Å²) in [5, 5.41) is 3.19. The summed E-state index contributed by atoms with van der Waals surface area (Å²) < 4.78 is 5.89. The van der Waals surface area contributed by atoms with Gasteiger partial charge in [0.1, 0.15) is 5.75 Å². The van der Waals surface area contributed by atoms with Crippen LogP contribution in [-0.2, 0) is 4.79 Å². The standard InChI is InChI=1S/C19H30N2O2/c1-13(2)18-7-6-17(10-14(18)3)23-15(4)19(22)21-9-8-16(12-21)11-20-5/h6-7,10,13,15-16,20H,8-9,11-12H2,1-5H3. The van der Waals surface area contributed by atoms with Crippen molar-refractivity contribution in [3.8, 4) is 5.75 Å². The molecule has 4 heteroatoms. The molecule has 0 radical (unpaired) electrons. The van der Waals surface area contributed by atoms with Gasteiger partial charge >= 0.3 is 0 Å². The second kappa shape index (κ2) is 7.82. The van der Waals surface area contributed by atoms with Gasteiger partial charge in [-0.2, -0.15) is 0 Å². The van der Waals surface area contributed by atoms with Gasteiger partial charge in [-0.05, 0) is 69.0 Å². The maximum atomic E-state index is 12.5. The van der Waals surface area contributed by atoms with Crippen LogP contribution in [0.2, 0.25) is 0 Å². The van der Waals surface area contributed by atoms with Crippen molar-refractivity contribution >= 4 is 5.91 Å². The molecule has 0 aliphatic carbocycles. The Labute approximate surface area is 140 Å². The number of rotatable bonds is 6. The van der Waals surface area contributed by atoms with Crippen molar-refractivity contribution in [2.24, 2.45) is 5.92 Å². The summed E-state index contributed by atoms with van der Waals surface area (Å²) >= 11 is 0. The fraction of sp³-hybridized carbons (Fsp3) is 0.632. The first-order chi connectivity index (χ1) is 10.9. The lowest BCUT2D eigenvalue weighted by atomic mass is 9.98. The molecule has 1 aromatic rings. The van der Waals surface area contributed by atoms with Gasteiger partial charge in [0.25, 0.3) is 5.91 Å². The highest BCUT2D eigenvalue weighted by atomic mass is 16.5. The SMILES string of the molecule is CNCC1CCN(C(=O)C(C)Oc2ccc(C(C)C)c(C)c2)C1. The number of nitrogens with one attached hydrogen (secondary N) is 1. The molecule has 1 N–H and O–H groups in total. The number of aryl methyl sites for hydroxylation is 1. The summed E-state index contributed by atoms with van der Waals surface area (Å²) in [5.74, 6) is 1.92. The molecular formula is C19H30N2O2. The molecule has 1 amide bonds. The molecular weight excluding hydrogens is 288 g/mol. The van der Waals surface area contributed by atoms with Crippen LogP contribution in [0.25, 0.3) is 0 Å². The molecule has 1 fully saturated rings. The minimum absolute atomic E-state index is 0.0918. The van der Waals surface area contributed by atoms with Gasteiger partial charge in [-0.15, -0.1) is 0 Å². The molecule has 2 unspecified atom stereocenters. The van der Waals surface area contributed by atoms with E-state index >= 15 is 0 Å². The van der Waals surface area contributed by atoms with Crippen molar-refractivity contribution in [2.45, 2.75) is 46.1 Å². The van der Waals surface area contributed by atoms with Crippen molar-refractivity contribution in [2.75, 3.05) is 26.7 Å². The molecule has 1 heterocycles. The Kier molecular flexibility index (Phi) is 6.05. The van der Waals surface area contributed by atoms with Gasteiger partial charge in [-0.25, -0.2) is 0 Å². The van der Waals surface area contributed by atoms with Crippen molar-refractivity contribution in [1.82, 2.24) is 10.2 Å². The molecule has 4 nitrogen and oxygen atoms in total. The number of hydrogen-bond donors (Lipinski definition) is 1. The molecule has 2 rings (SSSR count). The average Bonchev–Trinajstić information content (AvgIpc) is 2.95. The molecule has 0 bridgehead atoms. The lowest BCUT2D eigenvalue weighted by molar-refractivity contribution is -0.137. The zero-order valence-electron chi connectivity index (χ0n) is 15.1.